The summed E-state index contributed by atoms with van der Waals surface area (Å²) in [6.07, 6.45) is 13.6. The molecule has 20 rings (SSSR count). The number of hydrogen-bond donors (Lipinski definition) is 2. The lowest BCUT2D eigenvalue weighted by Crippen LogP contribution is -2.68. The maximum atomic E-state index is 13.7. The van der Waals surface area contributed by atoms with E-state index in [9.17, 15) is 43.9 Å². The average Bonchev–Trinajstić information content (AvgIpc) is 0.978. The van der Waals surface area contributed by atoms with Crippen LogP contribution >= 0.6 is 0 Å². The summed E-state index contributed by atoms with van der Waals surface area (Å²) in [6.45, 7) is 31.8. The Kier molecular flexibility index (Phi) is 34.2. The van der Waals surface area contributed by atoms with Gasteiger partial charge < -0.3 is 38.6 Å². The van der Waals surface area contributed by atoms with Crippen LogP contribution in [0.2, 0.25) is 0 Å². The largest absolute Gasteiger partial charge is 0.395 e. The van der Waals surface area contributed by atoms with Crippen LogP contribution in [0.5, 0.6) is 0 Å². The Balaban J connectivity index is 0.000000132. The number of aliphatic hydroxyl groups is 2. The Morgan fingerprint density at radius 2 is 0.542 bits per heavy atom. The van der Waals surface area contributed by atoms with Crippen molar-refractivity contribution in [2.45, 2.75) is 189 Å². The number of benzene rings is 8. The molecule has 0 radical (unpaired) electrons. The number of rotatable bonds is 22. The summed E-state index contributed by atoms with van der Waals surface area (Å²) in [4.78, 5) is 22.2. The van der Waals surface area contributed by atoms with Crippen molar-refractivity contribution in [2.75, 3.05) is 186 Å². The molecule has 32 heteroatoms. The van der Waals surface area contributed by atoms with E-state index in [2.05, 4.69) is 272 Å². The minimum Gasteiger partial charge on any atom is -0.395 e. The lowest BCUT2D eigenvalue weighted by Gasteiger charge is -2.57. The molecule has 28 nitrogen and oxygen atoms in total. The van der Waals surface area contributed by atoms with Crippen LogP contribution in [0.25, 0.3) is 44.5 Å². The minimum atomic E-state index is -3.70. The number of sulfonamides is 2. The van der Waals surface area contributed by atoms with Crippen molar-refractivity contribution in [1.29, 1.82) is 0 Å². The van der Waals surface area contributed by atoms with Crippen molar-refractivity contribution < 1.29 is 53.4 Å². The van der Waals surface area contributed by atoms with Gasteiger partial charge in [-0.2, -0.15) is 42.7 Å². The van der Waals surface area contributed by atoms with Crippen molar-refractivity contribution in [3.63, 3.8) is 0 Å². The molecule has 0 aliphatic carbocycles. The van der Waals surface area contributed by atoms with Crippen LogP contribution in [0, 0.1) is 55.4 Å². The number of ether oxygens (including phenoxy) is 2. The van der Waals surface area contributed by atoms with Gasteiger partial charge in [-0.3, -0.25) is 19.6 Å². The van der Waals surface area contributed by atoms with E-state index in [0.717, 1.165) is 109 Å². The standard InChI is InChI=1S/C29H42N4O3S.C28H36N4O3S.C28H40N4O3S.C27H34N4O3S/c1-22-8-7-9-26(23(22)2)24-10-12-25(13-11-24)29-27-20-32(14-5-6-15-33(27)28(29)21-36-4)37(34,35)31-18-16-30(3)17-19-31;1-20-8-7-9-24(21(20)2)22-10-12-23(13-11-22)27-25-18-31(36(33,34)28-29-14-17-30(28)3)15-5-6-16-32(25)26(27)19-35-4;1-21-7-6-8-25(22(21)2)23-9-11-24(12-10-23)28-26-19-31(13-4-5-14-32(26)27(28)20-33)36(34,35)30-17-15-29(3)16-18-30;1-19-7-6-8-23(20(19)2)21-9-11-22(12-10-21)26-24-17-30(14-4-5-15-31(24)25(26)18-32)35(33,34)27-28-13-16-29(27)3/h7-13,27-29H,5-6,14-21H2,1-4H3;7-14,17,25-27H,5-6,15-16,18-19H2,1-4H3;6-12,26-28,33H,4-5,13-20H2,1-3H3;6-13,16,24-26,32H,4-5,14-15,17-18H2,1-3H3/t27?,28-,29+;25?,26-,27+;26?,27-,28+;24?,25-,26+/m1111/s1. The molecule has 0 saturated carbocycles. The fourth-order valence-electron chi connectivity index (χ4n) is 24.4. The van der Waals surface area contributed by atoms with Crippen molar-refractivity contribution in [3.05, 3.63) is 261 Å². The molecule has 12 atom stereocenters. The van der Waals surface area contributed by atoms with Gasteiger partial charge in [0.25, 0.3) is 40.5 Å². The van der Waals surface area contributed by atoms with E-state index in [-0.39, 0.29) is 95.5 Å². The van der Waals surface area contributed by atoms with Crippen LogP contribution in [0.4, 0.5) is 0 Å². The van der Waals surface area contributed by atoms with E-state index in [1.807, 2.05) is 7.05 Å². The second kappa shape index (κ2) is 46.2. The predicted octanol–water partition coefficient (Wildman–Crippen LogP) is 13.3. The Morgan fingerprint density at radius 3 is 0.792 bits per heavy atom. The third-order valence-electron chi connectivity index (χ3n) is 33.4. The summed E-state index contributed by atoms with van der Waals surface area (Å²) in [7, 11) is -3.30. The zero-order chi connectivity index (χ0) is 102. The molecule has 12 heterocycles. The van der Waals surface area contributed by atoms with E-state index >= 15 is 0 Å². The zero-order valence-electron chi connectivity index (χ0n) is 86.8. The van der Waals surface area contributed by atoms with Crippen molar-refractivity contribution in [3.8, 4) is 44.5 Å². The minimum absolute atomic E-state index is 0.00220. The number of imidazole rings is 2. The van der Waals surface area contributed by atoms with Gasteiger partial charge in [-0.05, 0) is 258 Å². The smallest absolute Gasteiger partial charge is 0.282 e. The first kappa shape index (κ1) is 107. The van der Waals surface area contributed by atoms with Gasteiger partial charge in [-0.15, -0.1) is 0 Å². The van der Waals surface area contributed by atoms with Crippen LogP contribution in [0.3, 0.4) is 0 Å². The van der Waals surface area contributed by atoms with Gasteiger partial charge in [-0.1, -0.05) is 170 Å². The van der Waals surface area contributed by atoms with E-state index in [0.29, 0.717) is 91.8 Å². The van der Waals surface area contributed by atoms with Crippen LogP contribution in [-0.4, -0.2) is 352 Å². The zero-order valence-corrected chi connectivity index (χ0v) is 90.1. The van der Waals surface area contributed by atoms with Gasteiger partial charge in [0, 0.05) is 230 Å². The molecule has 0 spiro atoms. The third-order valence-corrected chi connectivity index (χ3v) is 41.1. The van der Waals surface area contributed by atoms with Crippen LogP contribution < -0.4 is 0 Å². The number of likely N-dealkylation sites (N-methyl/N-ethyl adjacent to an activating group) is 2. The summed E-state index contributed by atoms with van der Waals surface area (Å²) in [5.74, 6) is 0.640. The van der Waals surface area contributed by atoms with Gasteiger partial charge in [0.1, 0.15) is 0 Å². The molecule has 4 unspecified atom stereocenters. The van der Waals surface area contributed by atoms with Gasteiger partial charge in [0.2, 0.25) is 10.3 Å². The number of piperazine rings is 2. The molecular weight excluding hydrogens is 1890 g/mol. The predicted molar refractivity (Wildman–Crippen MR) is 571 cm³/mol. The quantitative estimate of drug-likeness (QED) is 0.0638. The molecule has 10 aromatic rings. The fraction of sp³-hybridized carbons (Fsp3) is 0.518. The van der Waals surface area contributed by atoms with Gasteiger partial charge in [0.05, 0.1) is 26.4 Å². The number of hydrogen-bond acceptors (Lipinski definition) is 20. The maximum Gasteiger partial charge on any atom is 0.282 e. The Bertz CT molecular complexity index is 6520. The van der Waals surface area contributed by atoms with Crippen LogP contribution in [0.1, 0.15) is 142 Å². The lowest BCUT2D eigenvalue weighted by molar-refractivity contribution is -0.0639. The highest BCUT2D eigenvalue weighted by molar-refractivity contribution is 7.89. The Labute approximate surface area is 857 Å². The highest BCUT2D eigenvalue weighted by Gasteiger charge is 2.56. The Hall–Kier alpha value is -8.66. The highest BCUT2D eigenvalue weighted by atomic mass is 32.2. The van der Waals surface area contributed by atoms with Gasteiger partial charge >= 0.3 is 0 Å². The molecule has 2 N–H and O–H groups in total. The topological polar surface area (TPSA) is 270 Å². The maximum absolute atomic E-state index is 13.7. The number of methoxy groups -OCH3 is 2. The summed E-state index contributed by atoms with van der Waals surface area (Å²) in [5.41, 5.74) is 24.9. The summed E-state index contributed by atoms with van der Waals surface area (Å²) >= 11 is 0. The monoisotopic (exact) mass is 2040 g/mol. The molecule has 776 valence electrons. The Morgan fingerprint density at radius 1 is 0.299 bits per heavy atom. The molecular formula is C112H152N16O12S4. The van der Waals surface area contributed by atoms with Gasteiger partial charge in [0.15, 0.2) is 0 Å². The number of aromatic nitrogens is 4. The molecule has 144 heavy (non-hydrogen) atoms. The highest BCUT2D eigenvalue weighted by Crippen LogP contribution is 2.49. The van der Waals surface area contributed by atoms with Crippen molar-refractivity contribution >= 4 is 40.5 Å². The number of nitrogens with zero attached hydrogens (tertiary/aromatic N) is 16. The average molecular weight is 2040 g/mol. The van der Waals surface area contributed by atoms with E-state index in [1.54, 1.807) is 81.9 Å². The number of aryl methyl sites for hydroxylation is 6. The number of aliphatic hydroxyl groups excluding tert-OH is 2. The molecule has 10 aliphatic heterocycles. The molecule has 0 bridgehead atoms. The van der Waals surface area contributed by atoms with E-state index in [1.165, 1.54) is 112 Å². The SMILES string of the molecule is COC[C@@H]1[C@@H](c2ccc(-c3cccc(C)c3C)cc2)C2CN(S(=O)(=O)N3CCN(C)CC3)CCCCN21.COC[C@@H]1[C@@H](c2ccc(-c3cccc(C)c3C)cc2)C2CN(S(=O)(=O)c3nccn3C)CCCCN21.Cc1cccc(-c2ccc([C@H]3C4CN(S(=O)(=O)N5CCN(C)CC5)CCCCN4[C@@H]3CO)cc2)c1C.Cc1cccc(-c2ccc([C@H]3C4CN(S(=O)(=O)c5nccn5C)CCCCN4[C@@H]3CO)cc2)c1C. The van der Waals surface area contributed by atoms with Crippen LogP contribution in [0.15, 0.2) is 205 Å². The van der Waals surface area contributed by atoms with Gasteiger partial charge in [-0.25, -0.2) is 26.8 Å². The molecule has 8 aromatic carbocycles. The van der Waals surface area contributed by atoms with Crippen molar-refractivity contribution in [1.82, 2.24) is 74.3 Å². The normalized spacial score (nSPS) is 25.3. The summed E-state index contributed by atoms with van der Waals surface area (Å²) in [6, 6.07) is 61.7. The number of fused-ring (bicyclic) bond motifs is 4. The fourth-order valence-corrected chi connectivity index (χ4v) is 30.8. The molecule has 10 fully saturated rings. The molecule has 10 aliphatic rings. The first-order chi connectivity index (χ1) is 69.3. The van der Waals surface area contributed by atoms with E-state index in [4.69, 9.17) is 9.47 Å². The molecule has 10 saturated heterocycles. The molecule has 2 aromatic heterocycles. The first-order valence-corrected chi connectivity index (χ1v) is 57.7. The van der Waals surface area contributed by atoms with E-state index < -0.39 is 40.5 Å². The summed E-state index contributed by atoms with van der Waals surface area (Å²) < 4.78 is 133. The summed E-state index contributed by atoms with van der Waals surface area (Å²) in [5, 5.41) is 20.7. The van der Waals surface area contributed by atoms with Crippen molar-refractivity contribution in [2.24, 2.45) is 14.1 Å². The van der Waals surface area contributed by atoms with Crippen LogP contribution in [-0.2, 0) is 64.0 Å². The second-order valence-electron chi connectivity index (χ2n) is 41.7. The lowest BCUT2D eigenvalue weighted by atomic mass is 9.74. The second-order valence-corrected chi connectivity index (χ2v) is 49.2. The third kappa shape index (κ3) is 22.1. The first-order valence-electron chi connectivity index (χ1n) is 52.0. The molecule has 0 amide bonds.